The average molecular weight is 376 g/mol. The fourth-order valence-electron chi connectivity index (χ4n) is 2.93. The summed E-state index contributed by atoms with van der Waals surface area (Å²) in [5.74, 6) is -0.107. The molecule has 0 bridgehead atoms. The zero-order valence-electron chi connectivity index (χ0n) is 15.5. The Balaban J connectivity index is 1.92. The van der Waals surface area contributed by atoms with E-state index >= 15 is 0 Å². The molecule has 0 unspecified atom stereocenters. The van der Waals surface area contributed by atoms with Gasteiger partial charge in [-0.2, -0.15) is 0 Å². The van der Waals surface area contributed by atoms with Gasteiger partial charge in [-0.3, -0.25) is 19.1 Å². The van der Waals surface area contributed by atoms with Crippen LogP contribution in [0.25, 0.3) is 11.0 Å². The van der Waals surface area contributed by atoms with E-state index in [1.165, 1.54) is 4.57 Å². The monoisotopic (exact) mass is 376 g/mol. The summed E-state index contributed by atoms with van der Waals surface area (Å²) < 4.78 is 11.6. The average Bonchev–Trinajstić information content (AvgIpc) is 3.49. The van der Waals surface area contributed by atoms with Crippen molar-refractivity contribution in [2.45, 2.75) is 32.2 Å². The molecule has 1 aliphatic carbocycles. The number of methoxy groups -OCH3 is 1. The van der Waals surface area contributed by atoms with Crippen molar-refractivity contribution in [1.29, 1.82) is 0 Å². The highest BCUT2D eigenvalue weighted by molar-refractivity contribution is 6.05. The van der Waals surface area contributed by atoms with Crippen LogP contribution in [-0.4, -0.2) is 53.9 Å². The fourth-order valence-corrected chi connectivity index (χ4v) is 2.93. The Hall–Kier alpha value is -2.52. The number of rotatable bonds is 9. The summed E-state index contributed by atoms with van der Waals surface area (Å²) in [6.45, 7) is 3.71. The second-order valence-electron chi connectivity index (χ2n) is 6.43. The lowest BCUT2D eigenvalue weighted by Crippen LogP contribution is -2.34. The Bertz CT molecular complexity index is 945. The Morgan fingerprint density at radius 2 is 2.11 bits per heavy atom. The predicted octanol–water partition coefficient (Wildman–Crippen LogP) is 0.375. The summed E-state index contributed by atoms with van der Waals surface area (Å²) in [7, 11) is 1.59. The Morgan fingerprint density at radius 1 is 1.33 bits per heavy atom. The lowest BCUT2D eigenvalue weighted by molar-refractivity contribution is 0.0693. The molecule has 2 aromatic rings. The number of H-pyrrole nitrogens is 1. The number of pyridine rings is 1. The zero-order chi connectivity index (χ0) is 19.4. The van der Waals surface area contributed by atoms with E-state index in [0.717, 1.165) is 18.5 Å². The highest BCUT2D eigenvalue weighted by Gasteiger charge is 2.28. The third-order valence-corrected chi connectivity index (χ3v) is 4.49. The van der Waals surface area contributed by atoms with Crippen LogP contribution < -0.4 is 16.6 Å². The zero-order valence-corrected chi connectivity index (χ0v) is 15.5. The lowest BCUT2D eigenvalue weighted by atomic mass is 10.1. The molecule has 3 rings (SSSR count). The molecule has 2 heterocycles. The van der Waals surface area contributed by atoms with Crippen LogP contribution in [0.1, 0.15) is 41.7 Å². The summed E-state index contributed by atoms with van der Waals surface area (Å²) in [6, 6.07) is 1.67. The maximum Gasteiger partial charge on any atom is 0.329 e. The van der Waals surface area contributed by atoms with Crippen LogP contribution in [0.5, 0.6) is 0 Å². The van der Waals surface area contributed by atoms with E-state index in [0.29, 0.717) is 32.9 Å². The van der Waals surface area contributed by atoms with Crippen molar-refractivity contribution in [3.05, 3.63) is 38.2 Å². The molecule has 146 valence electrons. The molecule has 1 saturated carbocycles. The lowest BCUT2D eigenvalue weighted by Gasteiger charge is -2.12. The molecule has 0 aliphatic heterocycles. The van der Waals surface area contributed by atoms with Crippen LogP contribution in [0.3, 0.4) is 0 Å². The minimum Gasteiger partial charge on any atom is -0.382 e. The molecule has 0 atom stereocenters. The van der Waals surface area contributed by atoms with Crippen LogP contribution in [0, 0.1) is 0 Å². The molecule has 9 nitrogen and oxygen atoms in total. The third kappa shape index (κ3) is 4.25. The fraction of sp³-hybridized carbons (Fsp3) is 0.556. The molecular formula is C18H24N4O5. The van der Waals surface area contributed by atoms with Gasteiger partial charge in [0.05, 0.1) is 30.8 Å². The Kier molecular flexibility index (Phi) is 6.02. The van der Waals surface area contributed by atoms with E-state index in [9.17, 15) is 14.4 Å². The van der Waals surface area contributed by atoms with Crippen molar-refractivity contribution in [2.75, 3.05) is 33.5 Å². The maximum atomic E-state index is 12.7. The third-order valence-electron chi connectivity index (χ3n) is 4.49. The summed E-state index contributed by atoms with van der Waals surface area (Å²) in [5, 5.41) is 2.90. The SMILES string of the molecule is CCn1c(=O)[nH]c(=O)c2c(C(=O)NCCOCCOC)cc(C3CC3)nc21. The number of carbonyl (C=O) groups is 1. The van der Waals surface area contributed by atoms with E-state index in [1.54, 1.807) is 20.1 Å². The first-order valence-electron chi connectivity index (χ1n) is 9.09. The molecule has 2 aromatic heterocycles. The maximum absolute atomic E-state index is 12.7. The van der Waals surface area contributed by atoms with Gasteiger partial charge in [-0.25, -0.2) is 9.78 Å². The normalized spacial score (nSPS) is 13.9. The molecule has 0 saturated heterocycles. The number of aromatic nitrogens is 3. The Morgan fingerprint density at radius 3 is 2.78 bits per heavy atom. The molecule has 1 fully saturated rings. The first kappa shape index (κ1) is 19.2. The molecule has 0 spiro atoms. The van der Waals surface area contributed by atoms with Gasteiger partial charge in [0.15, 0.2) is 5.65 Å². The highest BCUT2D eigenvalue weighted by Crippen LogP contribution is 2.39. The van der Waals surface area contributed by atoms with Gasteiger partial charge in [-0.15, -0.1) is 0 Å². The number of ether oxygens (including phenoxy) is 2. The summed E-state index contributed by atoms with van der Waals surface area (Å²) in [5.41, 5.74) is 0.125. The van der Waals surface area contributed by atoms with Gasteiger partial charge in [-0.1, -0.05) is 0 Å². The minimum absolute atomic E-state index is 0.138. The molecule has 0 radical (unpaired) electrons. The van der Waals surface area contributed by atoms with Crippen LogP contribution in [0.4, 0.5) is 0 Å². The number of aromatic amines is 1. The largest absolute Gasteiger partial charge is 0.382 e. The minimum atomic E-state index is -0.601. The van der Waals surface area contributed by atoms with Gasteiger partial charge in [-0.05, 0) is 25.8 Å². The smallest absolute Gasteiger partial charge is 0.329 e. The van der Waals surface area contributed by atoms with Gasteiger partial charge >= 0.3 is 5.69 Å². The second-order valence-corrected chi connectivity index (χ2v) is 6.43. The van der Waals surface area contributed by atoms with Gasteiger partial charge in [0.1, 0.15) is 0 Å². The van der Waals surface area contributed by atoms with Crippen molar-refractivity contribution in [3.8, 4) is 0 Å². The molecule has 1 aliphatic rings. The van der Waals surface area contributed by atoms with Gasteiger partial charge in [0.2, 0.25) is 0 Å². The molecule has 1 amide bonds. The highest BCUT2D eigenvalue weighted by atomic mass is 16.5. The van der Waals surface area contributed by atoms with Gasteiger partial charge in [0.25, 0.3) is 11.5 Å². The predicted molar refractivity (Wildman–Crippen MR) is 99.3 cm³/mol. The van der Waals surface area contributed by atoms with E-state index in [-0.39, 0.29) is 28.4 Å². The molecule has 9 heteroatoms. The topological polar surface area (TPSA) is 115 Å². The van der Waals surface area contributed by atoms with Crippen LogP contribution in [-0.2, 0) is 16.0 Å². The quantitative estimate of drug-likeness (QED) is 0.611. The van der Waals surface area contributed by atoms with Crippen molar-refractivity contribution in [2.24, 2.45) is 0 Å². The van der Waals surface area contributed by atoms with Crippen molar-refractivity contribution in [3.63, 3.8) is 0 Å². The number of aryl methyl sites for hydroxylation is 1. The van der Waals surface area contributed by atoms with Crippen LogP contribution in [0.15, 0.2) is 15.7 Å². The van der Waals surface area contributed by atoms with Gasteiger partial charge < -0.3 is 14.8 Å². The second kappa shape index (κ2) is 8.45. The van der Waals surface area contributed by atoms with Crippen molar-refractivity contribution in [1.82, 2.24) is 19.9 Å². The number of hydrogen-bond acceptors (Lipinski definition) is 6. The van der Waals surface area contributed by atoms with Crippen molar-refractivity contribution >= 4 is 16.9 Å². The molecule has 0 aromatic carbocycles. The summed E-state index contributed by atoms with van der Waals surface area (Å²) in [6.07, 6.45) is 1.99. The summed E-state index contributed by atoms with van der Waals surface area (Å²) in [4.78, 5) is 44.0. The van der Waals surface area contributed by atoms with Crippen LogP contribution in [0.2, 0.25) is 0 Å². The van der Waals surface area contributed by atoms with Crippen LogP contribution >= 0.6 is 0 Å². The molecule has 27 heavy (non-hydrogen) atoms. The standard InChI is InChI=1S/C18H24N4O5/c1-3-22-15-14(17(24)21-18(22)25)12(10-13(20-15)11-4-5-11)16(23)19-6-7-27-9-8-26-2/h10-11H,3-9H2,1-2H3,(H,19,23)(H,21,24,25). The van der Waals surface area contributed by atoms with E-state index < -0.39 is 11.2 Å². The first-order chi connectivity index (χ1) is 13.1. The van der Waals surface area contributed by atoms with E-state index in [4.69, 9.17) is 9.47 Å². The van der Waals surface area contributed by atoms with E-state index in [2.05, 4.69) is 15.3 Å². The Labute approximate surface area is 155 Å². The molecule has 2 N–H and O–H groups in total. The number of nitrogens with zero attached hydrogens (tertiary/aromatic N) is 2. The van der Waals surface area contributed by atoms with E-state index in [1.807, 2.05) is 0 Å². The molecular weight excluding hydrogens is 352 g/mol. The summed E-state index contributed by atoms with van der Waals surface area (Å²) >= 11 is 0. The number of amides is 1. The number of fused-ring (bicyclic) bond motifs is 1. The van der Waals surface area contributed by atoms with Crippen molar-refractivity contribution < 1.29 is 14.3 Å². The number of nitrogens with one attached hydrogen (secondary N) is 2. The first-order valence-corrected chi connectivity index (χ1v) is 9.09. The number of carbonyl (C=O) groups excluding carboxylic acids is 1. The number of hydrogen-bond donors (Lipinski definition) is 2. The van der Waals surface area contributed by atoms with Gasteiger partial charge in [0, 0.05) is 31.8 Å².